The van der Waals surface area contributed by atoms with Crippen molar-refractivity contribution in [2.45, 2.75) is 13.5 Å². The summed E-state index contributed by atoms with van der Waals surface area (Å²) in [5, 5.41) is 7.73. The summed E-state index contributed by atoms with van der Waals surface area (Å²) in [7, 11) is 0. The molecule has 1 saturated heterocycles. The van der Waals surface area contributed by atoms with Crippen molar-refractivity contribution in [2.24, 2.45) is 0 Å². The molecule has 26 heavy (non-hydrogen) atoms. The van der Waals surface area contributed by atoms with Crippen molar-refractivity contribution in [2.75, 3.05) is 32.7 Å². The summed E-state index contributed by atoms with van der Waals surface area (Å²) in [5.74, 6) is -0.0639. The molecule has 8 heteroatoms. The average Bonchev–Trinajstić information content (AvgIpc) is 3.12. The van der Waals surface area contributed by atoms with Gasteiger partial charge in [-0.3, -0.25) is 9.48 Å². The largest absolute Gasteiger partial charge is 0.338 e. The molecule has 7 nitrogen and oxygen atoms in total. The van der Waals surface area contributed by atoms with Crippen LogP contribution < -0.4 is 5.32 Å². The van der Waals surface area contributed by atoms with E-state index in [4.69, 9.17) is 11.6 Å². The number of urea groups is 1. The molecule has 1 aromatic heterocycles. The lowest BCUT2D eigenvalue weighted by molar-refractivity contribution is 0.0665. The molecule has 0 radical (unpaired) electrons. The Morgan fingerprint density at radius 2 is 1.85 bits per heavy atom. The monoisotopic (exact) mass is 375 g/mol. The van der Waals surface area contributed by atoms with Gasteiger partial charge in [0.05, 0.1) is 18.3 Å². The van der Waals surface area contributed by atoms with Crippen molar-refractivity contribution < 1.29 is 9.59 Å². The normalized spacial score (nSPS) is 14.4. The van der Waals surface area contributed by atoms with E-state index < -0.39 is 0 Å². The Labute approximate surface area is 157 Å². The van der Waals surface area contributed by atoms with Gasteiger partial charge in [0.1, 0.15) is 0 Å². The fourth-order valence-electron chi connectivity index (χ4n) is 2.92. The fourth-order valence-corrected chi connectivity index (χ4v) is 3.12. The number of benzene rings is 1. The molecule has 2 heterocycles. The van der Waals surface area contributed by atoms with Gasteiger partial charge in [0.15, 0.2) is 0 Å². The quantitative estimate of drug-likeness (QED) is 0.889. The van der Waals surface area contributed by atoms with E-state index in [2.05, 4.69) is 10.4 Å². The van der Waals surface area contributed by atoms with Gasteiger partial charge in [-0.15, -0.1) is 0 Å². The lowest BCUT2D eigenvalue weighted by atomic mass is 10.2. The number of rotatable bonds is 4. The van der Waals surface area contributed by atoms with Crippen LogP contribution in [0, 0.1) is 0 Å². The first kappa shape index (κ1) is 18.3. The number of aromatic nitrogens is 2. The first-order valence-electron chi connectivity index (χ1n) is 8.66. The Hall–Kier alpha value is -2.54. The number of amides is 3. The molecule has 0 saturated carbocycles. The number of carbonyl (C=O) groups excluding carboxylic acids is 2. The molecule has 3 amide bonds. The maximum absolute atomic E-state index is 12.7. The van der Waals surface area contributed by atoms with Crippen LogP contribution in [0.15, 0.2) is 36.7 Å². The molecule has 2 aromatic rings. The topological polar surface area (TPSA) is 70.5 Å². The summed E-state index contributed by atoms with van der Waals surface area (Å²) in [6.07, 6.45) is 3.32. The number of piperazine rings is 1. The number of carbonyl (C=O) groups is 2. The Morgan fingerprint density at radius 3 is 2.54 bits per heavy atom. The lowest BCUT2D eigenvalue weighted by Gasteiger charge is -2.34. The van der Waals surface area contributed by atoms with Crippen LogP contribution >= 0.6 is 11.6 Å². The fraction of sp³-hybridized carbons (Fsp3) is 0.389. The van der Waals surface area contributed by atoms with E-state index in [0.717, 1.165) is 5.56 Å². The van der Waals surface area contributed by atoms with Crippen LogP contribution in [0.25, 0.3) is 0 Å². The van der Waals surface area contributed by atoms with Gasteiger partial charge in [0.2, 0.25) is 0 Å². The molecular weight excluding hydrogens is 354 g/mol. The van der Waals surface area contributed by atoms with Crippen molar-refractivity contribution in [3.8, 4) is 0 Å². The zero-order chi connectivity index (χ0) is 18.5. The van der Waals surface area contributed by atoms with Gasteiger partial charge in [-0.2, -0.15) is 5.10 Å². The molecule has 0 aliphatic carbocycles. The van der Waals surface area contributed by atoms with Gasteiger partial charge in [0.25, 0.3) is 5.91 Å². The predicted octanol–water partition coefficient (Wildman–Crippen LogP) is 2.07. The zero-order valence-electron chi connectivity index (χ0n) is 14.7. The standard InChI is InChI=1S/C18H22ClN5O2/c1-2-20-18(26)23-9-7-22(8-10-23)17(25)15-11-21-24(13-15)12-14-5-3-4-6-16(14)19/h3-6,11,13H,2,7-10,12H2,1H3,(H,20,26). The van der Waals surface area contributed by atoms with Crippen molar-refractivity contribution in [1.29, 1.82) is 0 Å². The van der Waals surface area contributed by atoms with E-state index in [1.807, 2.05) is 31.2 Å². The Kier molecular flexibility index (Phi) is 5.78. The molecule has 3 rings (SSSR count). The number of hydrogen-bond donors (Lipinski definition) is 1. The van der Waals surface area contributed by atoms with Gasteiger partial charge in [0, 0.05) is 43.9 Å². The third-order valence-corrected chi connectivity index (χ3v) is 4.72. The predicted molar refractivity (Wildman–Crippen MR) is 99.3 cm³/mol. The van der Waals surface area contributed by atoms with Crippen LogP contribution in [-0.2, 0) is 6.54 Å². The zero-order valence-corrected chi connectivity index (χ0v) is 15.4. The first-order valence-corrected chi connectivity index (χ1v) is 9.04. The van der Waals surface area contributed by atoms with Crippen LogP contribution in [0.1, 0.15) is 22.8 Å². The summed E-state index contributed by atoms with van der Waals surface area (Å²) >= 11 is 6.17. The molecule has 1 N–H and O–H groups in total. The highest BCUT2D eigenvalue weighted by atomic mass is 35.5. The van der Waals surface area contributed by atoms with E-state index in [0.29, 0.717) is 49.9 Å². The maximum Gasteiger partial charge on any atom is 0.317 e. The van der Waals surface area contributed by atoms with E-state index >= 15 is 0 Å². The number of hydrogen-bond acceptors (Lipinski definition) is 3. The molecule has 0 spiro atoms. The van der Waals surface area contributed by atoms with E-state index in [9.17, 15) is 9.59 Å². The summed E-state index contributed by atoms with van der Waals surface area (Å²) in [4.78, 5) is 28.0. The van der Waals surface area contributed by atoms with E-state index in [-0.39, 0.29) is 11.9 Å². The minimum Gasteiger partial charge on any atom is -0.338 e. The molecule has 0 bridgehead atoms. The van der Waals surface area contributed by atoms with Crippen LogP contribution in [0.5, 0.6) is 0 Å². The second-order valence-electron chi connectivity index (χ2n) is 6.13. The van der Waals surface area contributed by atoms with Crippen LogP contribution in [-0.4, -0.2) is 64.2 Å². The summed E-state index contributed by atoms with van der Waals surface area (Å²) < 4.78 is 1.71. The molecule has 1 aliphatic rings. The highest BCUT2D eigenvalue weighted by Crippen LogP contribution is 2.16. The molecule has 1 fully saturated rings. The van der Waals surface area contributed by atoms with Crippen molar-refractivity contribution in [3.63, 3.8) is 0 Å². The third kappa shape index (κ3) is 4.16. The first-order chi connectivity index (χ1) is 12.6. The lowest BCUT2D eigenvalue weighted by Crippen LogP contribution is -2.53. The van der Waals surface area contributed by atoms with Crippen LogP contribution in [0.4, 0.5) is 4.79 Å². The molecule has 1 aromatic carbocycles. The Morgan fingerprint density at radius 1 is 1.15 bits per heavy atom. The summed E-state index contributed by atoms with van der Waals surface area (Å²) in [5.41, 5.74) is 1.50. The van der Waals surface area contributed by atoms with Crippen LogP contribution in [0.3, 0.4) is 0 Å². The average molecular weight is 376 g/mol. The summed E-state index contributed by atoms with van der Waals surface area (Å²) in [6, 6.07) is 7.49. The molecule has 138 valence electrons. The molecule has 0 atom stereocenters. The molecule has 0 unspecified atom stereocenters. The number of nitrogens with zero attached hydrogens (tertiary/aromatic N) is 4. The van der Waals surface area contributed by atoms with Gasteiger partial charge < -0.3 is 15.1 Å². The van der Waals surface area contributed by atoms with Gasteiger partial charge >= 0.3 is 6.03 Å². The number of nitrogens with one attached hydrogen (secondary N) is 1. The third-order valence-electron chi connectivity index (χ3n) is 4.35. The second kappa shape index (κ2) is 8.23. The SMILES string of the molecule is CCNC(=O)N1CCN(C(=O)c2cnn(Cc3ccccc3Cl)c2)CC1. The van der Waals surface area contributed by atoms with Gasteiger partial charge in [-0.25, -0.2) is 4.79 Å². The second-order valence-corrected chi connectivity index (χ2v) is 6.54. The van der Waals surface area contributed by atoms with Gasteiger partial charge in [-0.1, -0.05) is 29.8 Å². The highest BCUT2D eigenvalue weighted by Gasteiger charge is 2.25. The van der Waals surface area contributed by atoms with Crippen molar-refractivity contribution >= 4 is 23.5 Å². The highest BCUT2D eigenvalue weighted by molar-refractivity contribution is 6.31. The number of halogens is 1. The van der Waals surface area contributed by atoms with E-state index in [1.165, 1.54) is 0 Å². The van der Waals surface area contributed by atoms with Crippen molar-refractivity contribution in [1.82, 2.24) is 24.9 Å². The van der Waals surface area contributed by atoms with Crippen LogP contribution in [0.2, 0.25) is 5.02 Å². The summed E-state index contributed by atoms with van der Waals surface area (Å²) in [6.45, 7) is 5.10. The molecule has 1 aliphatic heterocycles. The van der Waals surface area contributed by atoms with E-state index in [1.54, 1.807) is 26.9 Å². The minimum absolute atomic E-state index is 0.0639. The smallest absolute Gasteiger partial charge is 0.317 e. The van der Waals surface area contributed by atoms with Crippen molar-refractivity contribution in [3.05, 3.63) is 52.8 Å². The Balaban J connectivity index is 1.59. The Bertz CT molecular complexity index is 783. The van der Waals surface area contributed by atoms with Gasteiger partial charge in [-0.05, 0) is 18.6 Å². The maximum atomic E-state index is 12.7. The molecular formula is C18H22ClN5O2. The minimum atomic E-state index is -0.0767.